The first kappa shape index (κ1) is 7.74. The van der Waals surface area contributed by atoms with Crippen molar-refractivity contribution in [2.45, 2.75) is 33.1 Å². The molecule has 0 N–H and O–H groups in total. The van der Waals surface area contributed by atoms with Crippen LogP contribution >= 0.6 is 0 Å². The van der Waals surface area contributed by atoms with Crippen molar-refractivity contribution in [1.29, 1.82) is 0 Å². The van der Waals surface area contributed by atoms with E-state index in [0.717, 1.165) is 12.3 Å². The molecule has 0 unspecified atom stereocenters. The SMILES string of the molecule is [CH]=CC[C@@H](C)CCC. The van der Waals surface area contributed by atoms with Gasteiger partial charge in [-0.2, -0.15) is 0 Å². The van der Waals surface area contributed by atoms with E-state index in [0.29, 0.717) is 0 Å². The topological polar surface area (TPSA) is 0 Å². The zero-order valence-electron chi connectivity index (χ0n) is 5.85. The fourth-order valence-electron chi connectivity index (χ4n) is 0.843. The summed E-state index contributed by atoms with van der Waals surface area (Å²) in [6, 6.07) is 0. The Kier molecular flexibility index (Phi) is 4.73. The van der Waals surface area contributed by atoms with Gasteiger partial charge in [0.1, 0.15) is 0 Å². The quantitative estimate of drug-likeness (QED) is 0.523. The molecule has 1 atom stereocenters. The highest BCUT2D eigenvalue weighted by molar-refractivity contribution is 4.66. The summed E-state index contributed by atoms with van der Waals surface area (Å²) < 4.78 is 0. The highest BCUT2D eigenvalue weighted by Crippen LogP contribution is 2.08. The van der Waals surface area contributed by atoms with Crippen LogP contribution in [-0.2, 0) is 0 Å². The van der Waals surface area contributed by atoms with Gasteiger partial charge in [0.15, 0.2) is 0 Å². The average molecular weight is 111 g/mol. The largest absolute Gasteiger partial charge is 0.0843 e. The van der Waals surface area contributed by atoms with E-state index in [1.807, 2.05) is 0 Å². The lowest BCUT2D eigenvalue weighted by atomic mass is 10.0. The molecule has 0 saturated carbocycles. The van der Waals surface area contributed by atoms with Gasteiger partial charge in [-0.1, -0.05) is 39.3 Å². The number of hydrogen-bond donors (Lipinski definition) is 0. The Hall–Kier alpha value is -0.260. The second-order valence-electron chi connectivity index (χ2n) is 2.37. The highest BCUT2D eigenvalue weighted by Gasteiger charge is 1.94. The summed E-state index contributed by atoms with van der Waals surface area (Å²) in [5, 5.41) is 0. The summed E-state index contributed by atoms with van der Waals surface area (Å²) in [4.78, 5) is 0. The Morgan fingerprint density at radius 3 is 2.62 bits per heavy atom. The van der Waals surface area contributed by atoms with Crippen molar-refractivity contribution >= 4 is 0 Å². The van der Waals surface area contributed by atoms with Crippen LogP contribution in [0.15, 0.2) is 6.08 Å². The molecular formula is C8H15. The van der Waals surface area contributed by atoms with Crippen LogP contribution in [-0.4, -0.2) is 0 Å². The molecule has 0 bridgehead atoms. The maximum absolute atomic E-state index is 5.23. The molecule has 0 fully saturated rings. The minimum Gasteiger partial charge on any atom is -0.0843 e. The molecule has 0 aromatic heterocycles. The Morgan fingerprint density at radius 1 is 1.62 bits per heavy atom. The summed E-state index contributed by atoms with van der Waals surface area (Å²) in [5.74, 6) is 0.782. The number of allylic oxidation sites excluding steroid dienone is 1. The van der Waals surface area contributed by atoms with Crippen molar-refractivity contribution < 1.29 is 0 Å². The van der Waals surface area contributed by atoms with E-state index in [4.69, 9.17) is 6.58 Å². The Bertz CT molecular complexity index is 55.1. The highest BCUT2D eigenvalue weighted by atomic mass is 14.0. The third-order valence-electron chi connectivity index (χ3n) is 1.32. The van der Waals surface area contributed by atoms with E-state index in [-0.39, 0.29) is 0 Å². The van der Waals surface area contributed by atoms with Gasteiger partial charge in [0.25, 0.3) is 0 Å². The van der Waals surface area contributed by atoms with Crippen molar-refractivity contribution in [1.82, 2.24) is 0 Å². The van der Waals surface area contributed by atoms with Crippen LogP contribution in [0.1, 0.15) is 33.1 Å². The van der Waals surface area contributed by atoms with Crippen molar-refractivity contribution in [3.63, 3.8) is 0 Å². The zero-order chi connectivity index (χ0) is 6.41. The summed E-state index contributed by atoms with van der Waals surface area (Å²) >= 11 is 0. The Labute approximate surface area is 52.6 Å². The summed E-state index contributed by atoms with van der Waals surface area (Å²) in [6.07, 6.45) is 5.39. The Balaban J connectivity index is 3.03. The van der Waals surface area contributed by atoms with Crippen LogP contribution in [0.4, 0.5) is 0 Å². The fraction of sp³-hybridized carbons (Fsp3) is 0.750. The molecule has 0 saturated heterocycles. The van der Waals surface area contributed by atoms with Crippen LogP contribution in [0.2, 0.25) is 0 Å². The molecule has 0 aromatic carbocycles. The minimum atomic E-state index is 0.782. The van der Waals surface area contributed by atoms with Crippen LogP contribution in [0.3, 0.4) is 0 Å². The normalized spacial score (nSPS) is 13.2. The first-order valence-corrected chi connectivity index (χ1v) is 3.34. The van der Waals surface area contributed by atoms with Gasteiger partial charge in [-0.05, 0) is 12.3 Å². The van der Waals surface area contributed by atoms with E-state index in [1.165, 1.54) is 12.8 Å². The van der Waals surface area contributed by atoms with Crippen molar-refractivity contribution in [3.8, 4) is 0 Å². The van der Waals surface area contributed by atoms with Crippen LogP contribution in [0.25, 0.3) is 0 Å². The van der Waals surface area contributed by atoms with Crippen molar-refractivity contribution in [2.24, 2.45) is 5.92 Å². The minimum absolute atomic E-state index is 0.782. The third kappa shape index (κ3) is 3.91. The summed E-state index contributed by atoms with van der Waals surface area (Å²) in [5.41, 5.74) is 0. The van der Waals surface area contributed by atoms with Crippen LogP contribution < -0.4 is 0 Å². The van der Waals surface area contributed by atoms with Crippen LogP contribution in [0.5, 0.6) is 0 Å². The Morgan fingerprint density at radius 2 is 2.25 bits per heavy atom. The molecule has 47 valence electrons. The predicted octanol–water partition coefficient (Wildman–Crippen LogP) is 2.80. The number of rotatable bonds is 4. The van der Waals surface area contributed by atoms with E-state index >= 15 is 0 Å². The standard InChI is InChI=1S/C8H15/c1-4-6-8(3)7-5-2/h1,4,8H,5-7H2,2-3H3/t8-/m1/s1. The molecule has 0 aliphatic rings. The lowest BCUT2D eigenvalue weighted by Crippen LogP contribution is -1.89. The van der Waals surface area contributed by atoms with Crippen LogP contribution in [0, 0.1) is 12.5 Å². The van der Waals surface area contributed by atoms with Gasteiger partial charge in [0, 0.05) is 0 Å². The molecule has 0 rings (SSSR count). The molecule has 0 spiro atoms. The van der Waals surface area contributed by atoms with E-state index in [9.17, 15) is 0 Å². The van der Waals surface area contributed by atoms with Crippen molar-refractivity contribution in [2.75, 3.05) is 0 Å². The molecular weight excluding hydrogens is 96.1 g/mol. The molecule has 0 amide bonds. The van der Waals surface area contributed by atoms with E-state index in [2.05, 4.69) is 13.8 Å². The molecule has 0 aliphatic carbocycles. The molecule has 0 heterocycles. The van der Waals surface area contributed by atoms with Gasteiger partial charge in [-0.15, -0.1) is 0 Å². The fourth-order valence-corrected chi connectivity index (χ4v) is 0.843. The number of hydrogen-bond acceptors (Lipinski definition) is 0. The summed E-state index contributed by atoms with van der Waals surface area (Å²) in [6.45, 7) is 9.67. The van der Waals surface area contributed by atoms with Gasteiger partial charge in [0.2, 0.25) is 0 Å². The zero-order valence-corrected chi connectivity index (χ0v) is 5.85. The first-order valence-electron chi connectivity index (χ1n) is 3.34. The van der Waals surface area contributed by atoms with Gasteiger partial charge in [-0.3, -0.25) is 0 Å². The molecule has 0 aliphatic heterocycles. The molecule has 0 aromatic rings. The van der Waals surface area contributed by atoms with Gasteiger partial charge >= 0.3 is 0 Å². The summed E-state index contributed by atoms with van der Waals surface area (Å²) in [7, 11) is 0. The second kappa shape index (κ2) is 4.89. The lowest BCUT2D eigenvalue weighted by Gasteiger charge is -2.03. The lowest BCUT2D eigenvalue weighted by molar-refractivity contribution is 0.532. The molecule has 8 heavy (non-hydrogen) atoms. The average Bonchev–Trinajstić information content (AvgIpc) is 1.68. The van der Waals surface area contributed by atoms with E-state index in [1.54, 1.807) is 6.08 Å². The van der Waals surface area contributed by atoms with Gasteiger partial charge in [-0.25, -0.2) is 0 Å². The predicted molar refractivity (Wildman–Crippen MR) is 37.6 cm³/mol. The van der Waals surface area contributed by atoms with Crippen molar-refractivity contribution in [3.05, 3.63) is 12.7 Å². The smallest absolute Gasteiger partial charge is 0.0322 e. The first-order chi connectivity index (χ1) is 3.81. The monoisotopic (exact) mass is 111 g/mol. The van der Waals surface area contributed by atoms with Gasteiger partial charge in [0.05, 0.1) is 0 Å². The molecule has 1 radical (unpaired) electrons. The van der Waals surface area contributed by atoms with Gasteiger partial charge < -0.3 is 0 Å². The maximum atomic E-state index is 5.23. The maximum Gasteiger partial charge on any atom is -0.0322 e. The third-order valence-corrected chi connectivity index (χ3v) is 1.32. The second-order valence-corrected chi connectivity index (χ2v) is 2.37. The molecule has 0 nitrogen and oxygen atoms in total. The molecule has 0 heteroatoms. The van der Waals surface area contributed by atoms with E-state index < -0.39 is 0 Å².